The Morgan fingerprint density at radius 1 is 1.00 bits per heavy atom. The van der Waals surface area contributed by atoms with E-state index in [9.17, 15) is 0 Å². The van der Waals surface area contributed by atoms with Crippen LogP contribution >= 0.6 is 11.3 Å². The van der Waals surface area contributed by atoms with Gasteiger partial charge in [-0.1, -0.05) is 18.2 Å². The van der Waals surface area contributed by atoms with Crippen molar-refractivity contribution < 1.29 is 0 Å². The maximum absolute atomic E-state index is 7.15. The van der Waals surface area contributed by atoms with E-state index in [1.165, 1.54) is 0 Å². The third kappa shape index (κ3) is 3.55. The first-order chi connectivity index (χ1) is 15.2. The van der Waals surface area contributed by atoms with Gasteiger partial charge < -0.3 is 5.73 Å². The van der Waals surface area contributed by atoms with Crippen LogP contribution in [0.1, 0.15) is 42.6 Å². The van der Waals surface area contributed by atoms with E-state index < -0.39 is 5.54 Å². The van der Waals surface area contributed by atoms with Crippen LogP contribution < -0.4 is 5.73 Å². The molecule has 0 aliphatic carbocycles. The third-order valence-corrected chi connectivity index (χ3v) is 6.75. The summed E-state index contributed by atoms with van der Waals surface area (Å²) in [7, 11) is 0. The smallest absolute Gasteiger partial charge is 0.183 e. The van der Waals surface area contributed by atoms with Gasteiger partial charge in [-0.15, -0.1) is 21.5 Å². The van der Waals surface area contributed by atoms with E-state index in [1.807, 2.05) is 16.1 Å². The molecule has 10 heteroatoms. The van der Waals surface area contributed by atoms with E-state index in [0.29, 0.717) is 18.5 Å². The summed E-state index contributed by atoms with van der Waals surface area (Å²) in [5.41, 5.74) is 10.0. The van der Waals surface area contributed by atoms with Crippen LogP contribution in [0.4, 0.5) is 0 Å². The summed E-state index contributed by atoms with van der Waals surface area (Å²) in [4.78, 5) is 1.07. The summed E-state index contributed by atoms with van der Waals surface area (Å²) in [5.74, 6) is 0.750. The molecule has 0 spiro atoms. The molecule has 0 amide bonds. The summed E-state index contributed by atoms with van der Waals surface area (Å²) in [6.07, 6.45) is 1.02. The van der Waals surface area contributed by atoms with Crippen LogP contribution in [0.5, 0.6) is 0 Å². The summed E-state index contributed by atoms with van der Waals surface area (Å²) >= 11 is 1.64. The lowest BCUT2D eigenvalue weighted by molar-refractivity contribution is 0.319. The maximum Gasteiger partial charge on any atom is 0.183 e. The van der Waals surface area contributed by atoms with Crippen LogP contribution in [-0.4, -0.2) is 40.2 Å². The second-order valence-corrected chi connectivity index (χ2v) is 10.3. The molecule has 0 aliphatic heterocycles. The molecule has 0 saturated carbocycles. The van der Waals surface area contributed by atoms with E-state index in [4.69, 9.17) is 5.73 Å². The second-order valence-electron chi connectivity index (χ2n) is 9.31. The highest BCUT2D eigenvalue weighted by atomic mass is 32.1. The molecule has 4 heterocycles. The number of aryl methyl sites for hydroxylation is 1. The van der Waals surface area contributed by atoms with Crippen LogP contribution in [-0.2, 0) is 23.9 Å². The van der Waals surface area contributed by atoms with E-state index in [-0.39, 0.29) is 5.54 Å². The summed E-state index contributed by atoms with van der Waals surface area (Å²) in [5, 5.41) is 28.1. The molecule has 0 aliphatic rings. The fourth-order valence-corrected chi connectivity index (χ4v) is 4.99. The average Bonchev–Trinajstić information content (AvgIpc) is 3.49. The molecule has 0 fully saturated rings. The van der Waals surface area contributed by atoms with E-state index in [0.717, 1.165) is 32.7 Å². The molecule has 2 N–H and O–H groups in total. The van der Waals surface area contributed by atoms with Crippen molar-refractivity contribution in [2.24, 2.45) is 5.73 Å². The van der Waals surface area contributed by atoms with Gasteiger partial charge in [0.15, 0.2) is 11.5 Å². The number of tetrazole rings is 2. The minimum Gasteiger partial charge on any atom is -0.320 e. The predicted molar refractivity (Wildman–Crippen MR) is 123 cm³/mol. The fraction of sp³-hybridized carbons (Fsp3) is 0.364. The summed E-state index contributed by atoms with van der Waals surface area (Å²) < 4.78 is 3.64. The lowest BCUT2D eigenvalue weighted by Gasteiger charge is -2.30. The van der Waals surface area contributed by atoms with Crippen molar-refractivity contribution in [3.63, 3.8) is 0 Å². The number of nitrogens with two attached hydrogens (primary N) is 1. The summed E-state index contributed by atoms with van der Waals surface area (Å²) in [6, 6.07) is 12.5. The van der Waals surface area contributed by atoms with Crippen LogP contribution in [0.2, 0.25) is 0 Å². The number of pyridine rings is 1. The Bertz CT molecular complexity index is 1390. The molecule has 0 radical (unpaired) electrons. The lowest BCUT2D eigenvalue weighted by Crippen LogP contribution is -2.42. The first kappa shape index (κ1) is 20.7. The van der Waals surface area contributed by atoms with Gasteiger partial charge >= 0.3 is 0 Å². The first-order valence-corrected chi connectivity index (χ1v) is 11.3. The molecule has 1 atom stereocenters. The molecule has 0 bridgehead atoms. The summed E-state index contributed by atoms with van der Waals surface area (Å²) in [6.45, 7) is 8.29. The molecule has 0 saturated heterocycles. The Labute approximate surface area is 189 Å². The van der Waals surface area contributed by atoms with Crippen molar-refractivity contribution in [3.05, 3.63) is 63.6 Å². The van der Waals surface area contributed by atoms with Crippen molar-refractivity contribution in [1.29, 1.82) is 0 Å². The predicted octanol–water partition coefficient (Wildman–Crippen LogP) is 3.03. The molecule has 1 aromatic carbocycles. The molecule has 1 unspecified atom stereocenters. The van der Waals surface area contributed by atoms with Gasteiger partial charge in [-0.25, -0.2) is 4.68 Å². The molecular weight excluding hydrogens is 422 g/mol. The zero-order valence-corrected chi connectivity index (χ0v) is 19.3. The minimum absolute atomic E-state index is 0.250. The molecule has 4 aromatic heterocycles. The Morgan fingerprint density at radius 3 is 2.56 bits per heavy atom. The van der Waals surface area contributed by atoms with Gasteiger partial charge in [0.1, 0.15) is 0 Å². The number of aromatic nitrogens is 8. The van der Waals surface area contributed by atoms with Crippen LogP contribution in [0.15, 0.2) is 41.8 Å². The average molecular weight is 448 g/mol. The monoisotopic (exact) mass is 447 g/mol. The number of hydrogen-bond donors (Lipinski definition) is 1. The number of rotatable bonds is 5. The van der Waals surface area contributed by atoms with E-state index >= 15 is 0 Å². The van der Waals surface area contributed by atoms with Crippen molar-refractivity contribution in [3.8, 4) is 0 Å². The Morgan fingerprint density at radius 2 is 1.81 bits per heavy atom. The highest BCUT2D eigenvalue weighted by Gasteiger charge is 2.34. The fourth-order valence-electron chi connectivity index (χ4n) is 4.15. The molecule has 5 aromatic rings. The van der Waals surface area contributed by atoms with Crippen LogP contribution in [0.25, 0.3) is 16.6 Å². The van der Waals surface area contributed by atoms with Crippen LogP contribution in [0, 0.1) is 6.92 Å². The van der Waals surface area contributed by atoms with Gasteiger partial charge in [-0.3, -0.25) is 0 Å². The topological polar surface area (TPSA) is 113 Å². The Hall–Kier alpha value is -3.24. The van der Waals surface area contributed by atoms with E-state index in [1.54, 1.807) is 15.9 Å². The zero-order valence-electron chi connectivity index (χ0n) is 18.5. The van der Waals surface area contributed by atoms with Crippen molar-refractivity contribution in [2.45, 2.75) is 51.6 Å². The molecule has 5 rings (SSSR count). The zero-order chi connectivity index (χ0) is 22.5. The van der Waals surface area contributed by atoms with Gasteiger partial charge in [0.05, 0.1) is 16.6 Å². The largest absolute Gasteiger partial charge is 0.320 e. The van der Waals surface area contributed by atoms with Crippen molar-refractivity contribution in [1.82, 2.24) is 40.2 Å². The normalized spacial score (nSPS) is 14.3. The highest BCUT2D eigenvalue weighted by molar-refractivity contribution is 7.10. The first-order valence-electron chi connectivity index (χ1n) is 10.5. The standard InChI is InChI=1S/C22H25N9S/c1-14-7-8-15-11-16(20-25-27-28-30(20)17(15)10-14)12-22(23,18-6-5-9-32-18)13-19-24-26-29-31(19)21(2,3)4/h5-11H,12-13,23H2,1-4H3. The highest BCUT2D eigenvalue weighted by Crippen LogP contribution is 2.33. The number of benzene rings is 1. The van der Waals surface area contributed by atoms with E-state index in [2.05, 4.69) is 89.1 Å². The van der Waals surface area contributed by atoms with Gasteiger partial charge in [-0.2, -0.15) is 4.52 Å². The quantitative estimate of drug-likeness (QED) is 0.440. The van der Waals surface area contributed by atoms with Gasteiger partial charge in [0.2, 0.25) is 0 Å². The number of fused-ring (bicyclic) bond motifs is 3. The maximum atomic E-state index is 7.15. The van der Waals surface area contributed by atoms with Crippen molar-refractivity contribution >= 4 is 27.9 Å². The molecule has 9 nitrogen and oxygen atoms in total. The third-order valence-electron chi connectivity index (χ3n) is 5.66. The molecule has 32 heavy (non-hydrogen) atoms. The number of nitrogens with zero attached hydrogens (tertiary/aromatic N) is 8. The van der Waals surface area contributed by atoms with Gasteiger partial charge in [-0.05, 0) is 84.1 Å². The SMILES string of the molecule is Cc1ccc2cc(CC(N)(Cc3nnnn3C(C)(C)C)c3cccs3)c3nnnn3c2c1. The number of thiophene rings is 1. The van der Waals surface area contributed by atoms with Gasteiger partial charge in [0.25, 0.3) is 0 Å². The molecule has 164 valence electrons. The lowest BCUT2D eigenvalue weighted by atomic mass is 9.86. The Balaban J connectivity index is 1.63. The second kappa shape index (κ2) is 7.42. The Kier molecular flexibility index (Phi) is 4.79. The van der Waals surface area contributed by atoms with Crippen LogP contribution in [0.3, 0.4) is 0 Å². The number of hydrogen-bond acceptors (Lipinski definition) is 8. The molecular formula is C22H25N9S. The van der Waals surface area contributed by atoms with Crippen molar-refractivity contribution in [2.75, 3.05) is 0 Å². The minimum atomic E-state index is -0.726. The van der Waals surface area contributed by atoms with Gasteiger partial charge in [0, 0.05) is 22.2 Å².